The van der Waals surface area contributed by atoms with Crippen LogP contribution >= 0.6 is 23.2 Å². The van der Waals surface area contributed by atoms with Gasteiger partial charge in [0, 0.05) is 31.2 Å². The van der Waals surface area contributed by atoms with Gasteiger partial charge in [0.2, 0.25) is 5.91 Å². The number of likely N-dealkylation sites (tertiary alicyclic amines) is 2. The van der Waals surface area contributed by atoms with Crippen LogP contribution in [0.15, 0.2) is 42.5 Å². The van der Waals surface area contributed by atoms with Gasteiger partial charge in [-0.3, -0.25) is 14.5 Å². The minimum absolute atomic E-state index is 0.0516. The summed E-state index contributed by atoms with van der Waals surface area (Å²) in [7, 11) is 0. The van der Waals surface area contributed by atoms with Gasteiger partial charge in [0.15, 0.2) is 0 Å². The van der Waals surface area contributed by atoms with Gasteiger partial charge >= 0.3 is 0 Å². The first-order valence-electron chi connectivity index (χ1n) is 10.9. The molecule has 0 aliphatic carbocycles. The van der Waals surface area contributed by atoms with Crippen molar-refractivity contribution >= 4 is 35.0 Å². The van der Waals surface area contributed by atoms with E-state index in [1.54, 1.807) is 12.1 Å². The molecule has 2 heterocycles. The standard InChI is InChI=1S/C24H26Cl2FN3O2/c25-21-8-5-17(12-22(21)26)24(32)28-13-23(31)30-11-9-20(15-30)29-10-1-2-18(14-29)16-3-6-19(27)7-4-16/h3-8,12,18,20H,1-2,9-11,13-15H2,(H,28,32). The maximum Gasteiger partial charge on any atom is 0.251 e. The SMILES string of the molecule is O=C(NCC(=O)N1CCC(N2CCCC(c3ccc(F)cc3)C2)C1)c1ccc(Cl)c(Cl)c1. The van der Waals surface area contributed by atoms with Crippen LogP contribution in [0.4, 0.5) is 4.39 Å². The summed E-state index contributed by atoms with van der Waals surface area (Å²) in [6.45, 7) is 3.23. The van der Waals surface area contributed by atoms with Crippen LogP contribution in [0.25, 0.3) is 0 Å². The van der Waals surface area contributed by atoms with Crippen LogP contribution in [0.5, 0.6) is 0 Å². The Labute approximate surface area is 197 Å². The van der Waals surface area contributed by atoms with Crippen molar-refractivity contribution in [3.05, 3.63) is 69.5 Å². The fourth-order valence-electron chi connectivity index (χ4n) is 4.62. The number of carbonyl (C=O) groups excluding carboxylic acids is 2. The number of nitrogens with one attached hydrogen (secondary N) is 1. The molecule has 2 aromatic carbocycles. The molecule has 2 unspecified atom stereocenters. The molecule has 2 aliphatic heterocycles. The van der Waals surface area contributed by atoms with Gasteiger partial charge < -0.3 is 10.2 Å². The lowest BCUT2D eigenvalue weighted by Gasteiger charge is -2.37. The number of hydrogen-bond acceptors (Lipinski definition) is 3. The quantitative estimate of drug-likeness (QED) is 0.696. The molecule has 2 amide bonds. The van der Waals surface area contributed by atoms with Crippen LogP contribution in [-0.4, -0.2) is 60.4 Å². The van der Waals surface area contributed by atoms with Crippen LogP contribution < -0.4 is 5.32 Å². The molecule has 0 saturated carbocycles. The van der Waals surface area contributed by atoms with Gasteiger partial charge in [-0.1, -0.05) is 35.3 Å². The first kappa shape index (κ1) is 23.0. The minimum Gasteiger partial charge on any atom is -0.343 e. The second kappa shape index (κ2) is 10.2. The lowest BCUT2D eigenvalue weighted by Crippen LogP contribution is -2.45. The lowest BCUT2D eigenvalue weighted by atomic mass is 9.90. The fourth-order valence-corrected chi connectivity index (χ4v) is 4.92. The van der Waals surface area contributed by atoms with Crippen LogP contribution in [0, 0.1) is 5.82 Å². The highest BCUT2D eigenvalue weighted by molar-refractivity contribution is 6.42. The van der Waals surface area contributed by atoms with E-state index in [-0.39, 0.29) is 24.2 Å². The molecule has 2 fully saturated rings. The van der Waals surface area contributed by atoms with Gasteiger partial charge in [-0.25, -0.2) is 4.39 Å². The van der Waals surface area contributed by atoms with E-state index in [0.29, 0.717) is 40.7 Å². The highest BCUT2D eigenvalue weighted by Crippen LogP contribution is 2.30. The number of piperidine rings is 1. The molecule has 0 radical (unpaired) electrons. The summed E-state index contributed by atoms with van der Waals surface area (Å²) in [6.07, 6.45) is 3.10. The number of carbonyl (C=O) groups is 2. The molecule has 2 atom stereocenters. The Morgan fingerprint density at radius 3 is 2.53 bits per heavy atom. The molecule has 8 heteroatoms. The molecule has 1 N–H and O–H groups in total. The van der Waals surface area contributed by atoms with Crippen LogP contribution in [0.3, 0.4) is 0 Å². The van der Waals surface area contributed by atoms with Crippen molar-refractivity contribution in [1.29, 1.82) is 0 Å². The first-order valence-corrected chi connectivity index (χ1v) is 11.7. The molecule has 0 spiro atoms. The van der Waals surface area contributed by atoms with E-state index >= 15 is 0 Å². The lowest BCUT2D eigenvalue weighted by molar-refractivity contribution is -0.129. The van der Waals surface area contributed by atoms with E-state index in [9.17, 15) is 14.0 Å². The van der Waals surface area contributed by atoms with Crippen molar-refractivity contribution in [2.45, 2.75) is 31.2 Å². The number of halogens is 3. The summed E-state index contributed by atoms with van der Waals surface area (Å²) >= 11 is 11.8. The second-order valence-corrected chi connectivity index (χ2v) is 9.29. The zero-order chi connectivity index (χ0) is 22.7. The zero-order valence-electron chi connectivity index (χ0n) is 17.7. The highest BCUT2D eigenvalue weighted by atomic mass is 35.5. The van der Waals surface area contributed by atoms with E-state index in [2.05, 4.69) is 10.2 Å². The summed E-state index contributed by atoms with van der Waals surface area (Å²) in [6, 6.07) is 11.7. The summed E-state index contributed by atoms with van der Waals surface area (Å²) in [5.74, 6) is -0.268. The Kier molecular flexibility index (Phi) is 7.33. The molecule has 4 rings (SSSR count). The molecule has 2 saturated heterocycles. The number of rotatable bonds is 5. The Morgan fingerprint density at radius 2 is 1.78 bits per heavy atom. The van der Waals surface area contributed by atoms with Crippen LogP contribution in [0.1, 0.15) is 41.1 Å². The van der Waals surface area contributed by atoms with E-state index in [1.165, 1.54) is 23.8 Å². The van der Waals surface area contributed by atoms with Crippen molar-refractivity contribution in [3.63, 3.8) is 0 Å². The minimum atomic E-state index is -0.356. The van der Waals surface area contributed by atoms with E-state index < -0.39 is 0 Å². The number of benzene rings is 2. The Balaban J connectivity index is 1.28. The van der Waals surface area contributed by atoms with Crippen LogP contribution in [-0.2, 0) is 4.79 Å². The molecular weight excluding hydrogens is 452 g/mol. The maximum absolute atomic E-state index is 13.3. The normalized spacial score (nSPS) is 21.5. The van der Waals surface area contributed by atoms with Gasteiger partial charge in [-0.05, 0) is 67.6 Å². The molecule has 0 bridgehead atoms. The van der Waals surface area contributed by atoms with Crippen molar-refractivity contribution in [3.8, 4) is 0 Å². The average molecular weight is 478 g/mol. The molecule has 170 valence electrons. The molecule has 2 aliphatic rings. The Morgan fingerprint density at radius 1 is 1.00 bits per heavy atom. The fraction of sp³-hybridized carbons (Fsp3) is 0.417. The van der Waals surface area contributed by atoms with E-state index in [4.69, 9.17) is 23.2 Å². The predicted molar refractivity (Wildman–Crippen MR) is 124 cm³/mol. The Hall–Kier alpha value is -2.15. The van der Waals surface area contributed by atoms with Gasteiger partial charge in [-0.15, -0.1) is 0 Å². The monoisotopic (exact) mass is 477 g/mol. The summed E-state index contributed by atoms with van der Waals surface area (Å²) < 4.78 is 13.3. The summed E-state index contributed by atoms with van der Waals surface area (Å²) in [5, 5.41) is 3.35. The van der Waals surface area contributed by atoms with Crippen molar-refractivity contribution in [2.75, 3.05) is 32.7 Å². The molecule has 2 aromatic rings. The predicted octanol–water partition coefficient (Wildman–Crippen LogP) is 4.34. The number of amides is 2. The van der Waals surface area contributed by atoms with Crippen LogP contribution in [0.2, 0.25) is 10.0 Å². The third kappa shape index (κ3) is 5.42. The third-order valence-electron chi connectivity index (χ3n) is 6.41. The smallest absolute Gasteiger partial charge is 0.251 e. The number of hydrogen-bond donors (Lipinski definition) is 1. The second-order valence-electron chi connectivity index (χ2n) is 8.48. The highest BCUT2D eigenvalue weighted by Gasteiger charge is 2.33. The van der Waals surface area contributed by atoms with Crippen molar-refractivity contribution in [1.82, 2.24) is 15.1 Å². The van der Waals surface area contributed by atoms with Gasteiger partial charge in [0.25, 0.3) is 5.91 Å². The van der Waals surface area contributed by atoms with E-state index in [0.717, 1.165) is 32.4 Å². The zero-order valence-corrected chi connectivity index (χ0v) is 19.2. The van der Waals surface area contributed by atoms with E-state index in [1.807, 2.05) is 17.0 Å². The average Bonchev–Trinajstić information content (AvgIpc) is 3.30. The maximum atomic E-state index is 13.3. The van der Waals surface area contributed by atoms with Gasteiger partial charge in [-0.2, -0.15) is 0 Å². The molecule has 32 heavy (non-hydrogen) atoms. The number of nitrogens with zero attached hydrogens (tertiary/aromatic N) is 2. The molecular formula is C24H26Cl2FN3O2. The largest absolute Gasteiger partial charge is 0.343 e. The molecule has 5 nitrogen and oxygen atoms in total. The third-order valence-corrected chi connectivity index (χ3v) is 7.15. The Bertz CT molecular complexity index is 986. The van der Waals surface area contributed by atoms with Gasteiger partial charge in [0.05, 0.1) is 16.6 Å². The summed E-state index contributed by atoms with van der Waals surface area (Å²) in [5.41, 5.74) is 1.54. The van der Waals surface area contributed by atoms with Crippen molar-refractivity contribution in [2.24, 2.45) is 0 Å². The topological polar surface area (TPSA) is 52.7 Å². The summed E-state index contributed by atoms with van der Waals surface area (Å²) in [4.78, 5) is 29.3. The van der Waals surface area contributed by atoms with Gasteiger partial charge in [0.1, 0.15) is 5.82 Å². The first-order chi connectivity index (χ1) is 15.4. The van der Waals surface area contributed by atoms with Crippen molar-refractivity contribution < 1.29 is 14.0 Å². The molecule has 0 aromatic heterocycles.